The molecule has 0 saturated heterocycles. The summed E-state index contributed by atoms with van der Waals surface area (Å²) >= 11 is 8.72. The van der Waals surface area contributed by atoms with Crippen LogP contribution in [0.5, 0.6) is 0 Å². The molecule has 98 valence electrons. The van der Waals surface area contributed by atoms with Crippen LogP contribution in [0.1, 0.15) is 5.69 Å². The number of nitro groups is 1. The SMILES string of the molecule is O=c1c([N+](=O)[O-])cc(Br)cn1Cc1cnc(Cl)cn1. The van der Waals surface area contributed by atoms with Crippen molar-refractivity contribution in [3.8, 4) is 0 Å². The summed E-state index contributed by atoms with van der Waals surface area (Å²) in [5.74, 6) is 0. The van der Waals surface area contributed by atoms with Gasteiger partial charge < -0.3 is 4.57 Å². The van der Waals surface area contributed by atoms with Gasteiger partial charge in [-0.15, -0.1) is 0 Å². The van der Waals surface area contributed by atoms with Crippen LogP contribution in [-0.2, 0) is 6.54 Å². The lowest BCUT2D eigenvalue weighted by atomic mass is 10.3. The lowest BCUT2D eigenvalue weighted by molar-refractivity contribution is -0.386. The molecule has 0 N–H and O–H groups in total. The Kier molecular flexibility index (Phi) is 3.91. The Balaban J connectivity index is 2.43. The van der Waals surface area contributed by atoms with Crippen molar-refractivity contribution in [1.82, 2.24) is 14.5 Å². The van der Waals surface area contributed by atoms with E-state index in [2.05, 4.69) is 25.9 Å². The minimum absolute atomic E-state index is 0.0727. The van der Waals surface area contributed by atoms with E-state index in [4.69, 9.17) is 11.6 Å². The third-order valence-electron chi connectivity index (χ3n) is 2.24. The normalized spacial score (nSPS) is 10.4. The highest BCUT2D eigenvalue weighted by Gasteiger charge is 2.16. The van der Waals surface area contributed by atoms with Crippen LogP contribution < -0.4 is 5.56 Å². The number of pyridine rings is 1. The van der Waals surface area contributed by atoms with E-state index < -0.39 is 16.2 Å². The first-order valence-electron chi connectivity index (χ1n) is 4.98. The van der Waals surface area contributed by atoms with Gasteiger partial charge in [0.15, 0.2) is 0 Å². The fourth-order valence-electron chi connectivity index (χ4n) is 1.43. The molecule has 19 heavy (non-hydrogen) atoms. The topological polar surface area (TPSA) is 90.9 Å². The molecule has 0 spiro atoms. The van der Waals surface area contributed by atoms with Crippen LogP contribution in [0, 0.1) is 10.1 Å². The summed E-state index contributed by atoms with van der Waals surface area (Å²) in [6.45, 7) is 0.0727. The lowest BCUT2D eigenvalue weighted by Crippen LogP contribution is -2.23. The Morgan fingerprint density at radius 2 is 2.16 bits per heavy atom. The van der Waals surface area contributed by atoms with Crippen molar-refractivity contribution >= 4 is 33.2 Å². The molecule has 2 heterocycles. The maximum absolute atomic E-state index is 11.9. The van der Waals surface area contributed by atoms with Crippen LogP contribution >= 0.6 is 27.5 Å². The second-order valence-electron chi connectivity index (χ2n) is 3.56. The molecule has 0 aromatic carbocycles. The standard InChI is InChI=1S/C10H6BrClN4O3/c11-6-1-8(16(18)19)10(17)15(4-6)5-7-2-14-9(12)3-13-7/h1-4H,5H2. The van der Waals surface area contributed by atoms with Crippen molar-refractivity contribution < 1.29 is 4.92 Å². The Hall–Kier alpha value is -1.80. The number of halogens is 2. The predicted octanol–water partition coefficient (Wildman–Crippen LogP) is 2.01. The summed E-state index contributed by atoms with van der Waals surface area (Å²) in [6.07, 6.45) is 4.20. The summed E-state index contributed by atoms with van der Waals surface area (Å²) in [4.78, 5) is 29.7. The van der Waals surface area contributed by atoms with Crippen molar-refractivity contribution in [2.75, 3.05) is 0 Å². The molecule has 0 atom stereocenters. The highest BCUT2D eigenvalue weighted by molar-refractivity contribution is 9.10. The summed E-state index contributed by atoms with van der Waals surface area (Å²) in [7, 11) is 0. The summed E-state index contributed by atoms with van der Waals surface area (Å²) in [6, 6.07) is 1.16. The van der Waals surface area contributed by atoms with E-state index in [9.17, 15) is 14.9 Å². The van der Waals surface area contributed by atoms with Gasteiger partial charge in [-0.1, -0.05) is 11.6 Å². The van der Waals surface area contributed by atoms with Gasteiger partial charge in [0.25, 0.3) is 0 Å². The molecule has 0 saturated carbocycles. The molecule has 2 rings (SSSR count). The largest absolute Gasteiger partial charge is 0.335 e. The van der Waals surface area contributed by atoms with Crippen LogP contribution in [-0.4, -0.2) is 19.5 Å². The van der Waals surface area contributed by atoms with Gasteiger partial charge in [-0.3, -0.25) is 19.9 Å². The van der Waals surface area contributed by atoms with Crippen molar-refractivity contribution in [3.63, 3.8) is 0 Å². The zero-order chi connectivity index (χ0) is 14.0. The number of nitrogens with zero attached hydrogens (tertiary/aromatic N) is 4. The van der Waals surface area contributed by atoms with Crippen LogP contribution in [0.2, 0.25) is 5.15 Å². The van der Waals surface area contributed by atoms with E-state index in [1.54, 1.807) is 0 Å². The molecule has 0 radical (unpaired) electrons. The molecule has 0 bridgehead atoms. The van der Waals surface area contributed by atoms with Gasteiger partial charge in [0.05, 0.1) is 29.6 Å². The number of aromatic nitrogens is 3. The second kappa shape index (κ2) is 5.45. The maximum Gasteiger partial charge on any atom is 0.335 e. The zero-order valence-electron chi connectivity index (χ0n) is 9.29. The Labute approximate surface area is 120 Å². The van der Waals surface area contributed by atoms with Gasteiger partial charge in [0, 0.05) is 16.7 Å². The average Bonchev–Trinajstić information content (AvgIpc) is 2.35. The first kappa shape index (κ1) is 13.6. The molecule has 0 aliphatic heterocycles. The van der Waals surface area contributed by atoms with Crippen LogP contribution in [0.4, 0.5) is 5.69 Å². The third kappa shape index (κ3) is 3.15. The number of hydrogen-bond donors (Lipinski definition) is 0. The van der Waals surface area contributed by atoms with Gasteiger partial charge in [0.1, 0.15) is 5.15 Å². The molecule has 7 nitrogen and oxygen atoms in total. The van der Waals surface area contributed by atoms with E-state index in [1.807, 2.05) is 0 Å². The number of rotatable bonds is 3. The summed E-state index contributed by atoms with van der Waals surface area (Å²) in [5, 5.41) is 11.0. The van der Waals surface area contributed by atoms with E-state index >= 15 is 0 Å². The summed E-state index contributed by atoms with van der Waals surface area (Å²) in [5.41, 5.74) is -0.736. The van der Waals surface area contributed by atoms with E-state index in [-0.39, 0.29) is 11.7 Å². The highest BCUT2D eigenvalue weighted by atomic mass is 79.9. The molecule has 9 heteroatoms. The van der Waals surface area contributed by atoms with E-state index in [1.165, 1.54) is 23.2 Å². The monoisotopic (exact) mass is 344 g/mol. The predicted molar refractivity (Wildman–Crippen MR) is 71.2 cm³/mol. The molecular weight excluding hydrogens is 339 g/mol. The van der Waals surface area contributed by atoms with Crippen molar-refractivity contribution in [2.24, 2.45) is 0 Å². The molecule has 2 aromatic rings. The van der Waals surface area contributed by atoms with E-state index in [0.29, 0.717) is 10.2 Å². The minimum atomic E-state index is -0.725. The molecule has 0 amide bonds. The van der Waals surface area contributed by atoms with Gasteiger partial charge in [-0.25, -0.2) is 4.98 Å². The van der Waals surface area contributed by atoms with Crippen molar-refractivity contribution in [3.05, 3.63) is 60.4 Å². The average molecular weight is 346 g/mol. The third-order valence-corrected chi connectivity index (χ3v) is 2.87. The van der Waals surface area contributed by atoms with Gasteiger partial charge in [-0.05, 0) is 15.9 Å². The summed E-state index contributed by atoms with van der Waals surface area (Å²) < 4.78 is 1.61. The minimum Gasteiger partial charge on any atom is -0.302 e. The fourth-order valence-corrected chi connectivity index (χ4v) is 1.99. The molecule has 2 aromatic heterocycles. The van der Waals surface area contributed by atoms with E-state index in [0.717, 1.165) is 6.07 Å². The molecule has 0 aliphatic rings. The molecule has 0 unspecified atom stereocenters. The Morgan fingerprint density at radius 3 is 2.74 bits per heavy atom. The second-order valence-corrected chi connectivity index (χ2v) is 4.87. The first-order chi connectivity index (χ1) is 8.97. The molecule has 0 aliphatic carbocycles. The van der Waals surface area contributed by atoms with Gasteiger partial charge in [0.2, 0.25) is 0 Å². The fraction of sp³-hybridized carbons (Fsp3) is 0.100. The smallest absolute Gasteiger partial charge is 0.302 e. The molecule has 0 fully saturated rings. The molecular formula is C10H6BrClN4O3. The van der Waals surface area contributed by atoms with Crippen molar-refractivity contribution in [2.45, 2.75) is 6.54 Å². The lowest BCUT2D eigenvalue weighted by Gasteiger charge is -2.05. The Bertz CT molecular complexity index is 686. The van der Waals surface area contributed by atoms with Gasteiger partial charge in [-0.2, -0.15) is 0 Å². The zero-order valence-corrected chi connectivity index (χ0v) is 11.6. The van der Waals surface area contributed by atoms with Crippen molar-refractivity contribution in [1.29, 1.82) is 0 Å². The Morgan fingerprint density at radius 1 is 1.42 bits per heavy atom. The first-order valence-corrected chi connectivity index (χ1v) is 6.15. The van der Waals surface area contributed by atoms with Crippen LogP contribution in [0.25, 0.3) is 0 Å². The van der Waals surface area contributed by atoms with Gasteiger partial charge >= 0.3 is 11.2 Å². The quantitative estimate of drug-likeness (QED) is 0.627. The van der Waals surface area contributed by atoms with Crippen LogP contribution in [0.3, 0.4) is 0 Å². The highest BCUT2D eigenvalue weighted by Crippen LogP contribution is 2.14. The maximum atomic E-state index is 11.9. The van der Waals surface area contributed by atoms with Crippen LogP contribution in [0.15, 0.2) is 33.9 Å². The number of hydrogen-bond acceptors (Lipinski definition) is 5.